The van der Waals surface area contributed by atoms with Crippen LogP contribution in [0.4, 0.5) is 4.79 Å². The number of pyridine rings is 1. The number of hydrogen-bond donors (Lipinski definition) is 1. The van der Waals surface area contributed by atoms with Crippen molar-refractivity contribution in [2.45, 2.75) is 56.8 Å². The van der Waals surface area contributed by atoms with Crippen molar-refractivity contribution in [2.75, 3.05) is 20.2 Å². The average Bonchev–Trinajstić information content (AvgIpc) is 2.84. The number of carbonyl (C=O) groups is 2. The van der Waals surface area contributed by atoms with E-state index >= 15 is 0 Å². The number of fused-ring (bicyclic) bond motifs is 1. The topological polar surface area (TPSA) is 107 Å². The van der Waals surface area contributed by atoms with Gasteiger partial charge in [0.1, 0.15) is 28.9 Å². The summed E-state index contributed by atoms with van der Waals surface area (Å²) in [5.74, 6) is 0.175. The number of aromatic nitrogens is 1. The van der Waals surface area contributed by atoms with Gasteiger partial charge in [0.2, 0.25) is 0 Å². The van der Waals surface area contributed by atoms with Crippen LogP contribution in [0.2, 0.25) is 0 Å². The molecular weight excluding hydrogens is 506 g/mol. The molecule has 1 saturated heterocycles. The van der Waals surface area contributed by atoms with Gasteiger partial charge in [-0.15, -0.1) is 0 Å². The van der Waals surface area contributed by atoms with Gasteiger partial charge in [-0.25, -0.2) is 13.7 Å². The zero-order valence-corrected chi connectivity index (χ0v) is 23.1. The molecule has 4 rings (SSSR count). The molecule has 2 aromatic carbocycles. The molecule has 9 nitrogen and oxygen atoms in total. The lowest BCUT2D eigenvalue weighted by Gasteiger charge is -2.49. The minimum absolute atomic E-state index is 0.0327. The van der Waals surface area contributed by atoms with E-state index in [-0.39, 0.29) is 19.5 Å². The Kier molecular flexibility index (Phi) is 8.03. The minimum Gasteiger partial charge on any atom is -0.489 e. The van der Waals surface area contributed by atoms with Crippen molar-refractivity contribution in [3.63, 3.8) is 0 Å². The number of rotatable bonds is 8. The van der Waals surface area contributed by atoms with Crippen LogP contribution in [0, 0.1) is 6.92 Å². The van der Waals surface area contributed by atoms with E-state index in [1.807, 2.05) is 37.3 Å². The highest BCUT2D eigenvalue weighted by atomic mass is 32.2. The predicted octanol–water partition coefficient (Wildman–Crippen LogP) is 4.29. The quantitative estimate of drug-likeness (QED) is 0.426. The van der Waals surface area contributed by atoms with Gasteiger partial charge < -0.3 is 19.1 Å². The van der Waals surface area contributed by atoms with E-state index in [0.717, 1.165) is 22.2 Å². The van der Waals surface area contributed by atoms with Crippen molar-refractivity contribution in [2.24, 2.45) is 0 Å². The van der Waals surface area contributed by atoms with Crippen LogP contribution in [0.25, 0.3) is 10.9 Å². The molecular formula is C28H33N3O6S. The molecule has 1 atom stereocenters. The van der Waals surface area contributed by atoms with E-state index in [9.17, 15) is 13.8 Å². The first kappa shape index (κ1) is 27.5. The van der Waals surface area contributed by atoms with Crippen LogP contribution in [0.1, 0.15) is 38.4 Å². The summed E-state index contributed by atoms with van der Waals surface area (Å²) in [5.41, 5.74) is 1.35. The SMILES string of the molecule is COC(=O)CC1(NS(=O)c2ccc(OCc3cc(C)nc4ccccc34)cc2)CN(C(=O)OC(C)(C)C)C1. The summed E-state index contributed by atoms with van der Waals surface area (Å²) in [5, 5.41) is 1.04. The van der Waals surface area contributed by atoms with E-state index < -0.39 is 34.2 Å². The molecule has 1 aliphatic heterocycles. The molecule has 202 valence electrons. The number of carbonyl (C=O) groups excluding carboxylic acids is 2. The molecule has 0 radical (unpaired) electrons. The lowest BCUT2D eigenvalue weighted by atomic mass is 9.88. The third kappa shape index (κ3) is 6.68. The number of methoxy groups -OCH3 is 1. The number of nitrogens with one attached hydrogen (secondary N) is 1. The molecule has 1 fully saturated rings. The fourth-order valence-electron chi connectivity index (χ4n) is 4.29. The van der Waals surface area contributed by atoms with Gasteiger partial charge in [0.15, 0.2) is 0 Å². The van der Waals surface area contributed by atoms with Crippen LogP contribution in [0.3, 0.4) is 0 Å². The van der Waals surface area contributed by atoms with Crippen LogP contribution in [0.15, 0.2) is 59.5 Å². The maximum Gasteiger partial charge on any atom is 0.410 e. The lowest BCUT2D eigenvalue weighted by molar-refractivity contribution is -0.144. The van der Waals surface area contributed by atoms with Crippen LogP contribution in [0.5, 0.6) is 5.75 Å². The highest BCUT2D eigenvalue weighted by Gasteiger charge is 2.49. The number of likely N-dealkylation sites (tertiary alicyclic amines) is 1. The Morgan fingerprint density at radius 2 is 1.79 bits per heavy atom. The number of benzene rings is 2. The van der Waals surface area contributed by atoms with E-state index in [1.54, 1.807) is 45.0 Å². The number of hydrogen-bond acceptors (Lipinski definition) is 7. The normalized spacial score (nSPS) is 15.4. The zero-order chi connectivity index (χ0) is 27.5. The van der Waals surface area contributed by atoms with E-state index in [0.29, 0.717) is 17.3 Å². The molecule has 1 aliphatic rings. The Hall–Kier alpha value is -3.50. The number of esters is 1. The van der Waals surface area contributed by atoms with E-state index in [1.165, 1.54) is 12.0 Å². The number of ether oxygens (including phenoxy) is 3. The first-order valence-corrected chi connectivity index (χ1v) is 13.4. The van der Waals surface area contributed by atoms with Crippen molar-refractivity contribution < 1.29 is 28.0 Å². The number of aryl methyl sites for hydroxylation is 1. The maximum absolute atomic E-state index is 13.2. The molecule has 1 amide bonds. The fourth-order valence-corrected chi connectivity index (χ4v) is 5.39. The molecule has 0 spiro atoms. The Morgan fingerprint density at radius 3 is 2.45 bits per heavy atom. The van der Waals surface area contributed by atoms with Crippen molar-refractivity contribution in [1.82, 2.24) is 14.6 Å². The second-order valence-electron chi connectivity index (χ2n) is 10.4. The summed E-state index contributed by atoms with van der Waals surface area (Å²) >= 11 is 0. The standard InChI is InChI=1S/C28H33N3O6S/c1-19-14-20(23-8-6-7-9-24(23)29-19)16-36-21-10-12-22(13-11-21)38(34)30-28(15-25(32)35-5)17-31(18-28)26(33)37-27(2,3)4/h6-14,30H,15-18H2,1-5H3. The first-order chi connectivity index (χ1) is 18.0. The van der Waals surface area contributed by atoms with Gasteiger partial charge in [-0.1, -0.05) is 18.2 Å². The van der Waals surface area contributed by atoms with Gasteiger partial charge in [-0.2, -0.15) is 0 Å². The highest BCUT2D eigenvalue weighted by Crippen LogP contribution is 2.29. The van der Waals surface area contributed by atoms with Crippen LogP contribution < -0.4 is 9.46 Å². The summed E-state index contributed by atoms with van der Waals surface area (Å²) in [6.45, 7) is 8.02. The van der Waals surface area contributed by atoms with Crippen LogP contribution in [-0.4, -0.2) is 57.5 Å². The van der Waals surface area contributed by atoms with Crippen molar-refractivity contribution in [3.05, 3.63) is 65.9 Å². The Labute approximate surface area is 225 Å². The largest absolute Gasteiger partial charge is 0.489 e. The Morgan fingerprint density at radius 1 is 1.11 bits per heavy atom. The summed E-state index contributed by atoms with van der Waals surface area (Å²) in [6.07, 6.45) is -0.515. The molecule has 1 unspecified atom stereocenters. The molecule has 0 saturated carbocycles. The average molecular weight is 540 g/mol. The van der Waals surface area contributed by atoms with E-state index in [4.69, 9.17) is 14.2 Å². The number of amides is 1. The van der Waals surface area contributed by atoms with Crippen LogP contribution in [-0.2, 0) is 31.9 Å². The van der Waals surface area contributed by atoms with Gasteiger partial charge in [0.05, 0.1) is 29.5 Å². The number of para-hydroxylation sites is 1. The zero-order valence-electron chi connectivity index (χ0n) is 22.3. The molecule has 38 heavy (non-hydrogen) atoms. The minimum atomic E-state index is -1.64. The highest BCUT2D eigenvalue weighted by molar-refractivity contribution is 7.83. The second-order valence-corrected chi connectivity index (χ2v) is 11.7. The van der Waals surface area contributed by atoms with Crippen molar-refractivity contribution in [3.8, 4) is 5.75 Å². The molecule has 0 bridgehead atoms. The van der Waals surface area contributed by atoms with Crippen molar-refractivity contribution in [1.29, 1.82) is 0 Å². The second kappa shape index (κ2) is 11.1. The van der Waals surface area contributed by atoms with Gasteiger partial charge >= 0.3 is 12.1 Å². The third-order valence-electron chi connectivity index (χ3n) is 6.02. The summed E-state index contributed by atoms with van der Waals surface area (Å²) in [7, 11) is -0.340. The maximum atomic E-state index is 13.2. The fraction of sp³-hybridized carbons (Fsp3) is 0.393. The molecule has 2 heterocycles. The van der Waals surface area contributed by atoms with Gasteiger partial charge in [-0.3, -0.25) is 9.78 Å². The van der Waals surface area contributed by atoms with Gasteiger partial charge in [-0.05, 0) is 64.1 Å². The van der Waals surface area contributed by atoms with Gasteiger partial charge in [0, 0.05) is 29.7 Å². The molecule has 0 aliphatic carbocycles. The summed E-state index contributed by atoms with van der Waals surface area (Å²) in [4.78, 5) is 31.0. The molecule has 10 heteroatoms. The lowest BCUT2D eigenvalue weighted by Crippen LogP contribution is -2.71. The van der Waals surface area contributed by atoms with Crippen molar-refractivity contribution >= 4 is 34.0 Å². The molecule has 3 aromatic rings. The van der Waals surface area contributed by atoms with Crippen LogP contribution >= 0.6 is 0 Å². The monoisotopic (exact) mass is 539 g/mol. The predicted molar refractivity (Wildman–Crippen MR) is 144 cm³/mol. The first-order valence-electron chi connectivity index (χ1n) is 12.3. The smallest absolute Gasteiger partial charge is 0.410 e. The third-order valence-corrected chi connectivity index (χ3v) is 7.34. The molecule has 1 N–H and O–H groups in total. The Balaban J connectivity index is 1.40. The number of nitrogens with zero attached hydrogens (tertiary/aromatic N) is 2. The Bertz CT molecular complexity index is 1350. The summed E-state index contributed by atoms with van der Waals surface area (Å²) in [6, 6.07) is 16.9. The van der Waals surface area contributed by atoms with E-state index in [2.05, 4.69) is 9.71 Å². The molecule has 1 aromatic heterocycles. The summed E-state index contributed by atoms with van der Waals surface area (Å²) < 4.78 is 32.4. The van der Waals surface area contributed by atoms with Gasteiger partial charge in [0.25, 0.3) is 0 Å².